The molecule has 0 aliphatic heterocycles. The minimum absolute atomic E-state index is 0.262. The molecule has 1 rings (SSSR count). The smallest absolute Gasteiger partial charge is 0.153 e. The Balaban J connectivity index is 3.02. The van der Waals surface area contributed by atoms with Gasteiger partial charge in [0, 0.05) is 0 Å². The zero-order valence-electron chi connectivity index (χ0n) is 6.61. The summed E-state index contributed by atoms with van der Waals surface area (Å²) in [6.45, 7) is 1.77. The molecule has 0 aliphatic carbocycles. The Morgan fingerprint density at radius 2 is 2.17 bits per heavy atom. The van der Waals surface area contributed by atoms with Crippen LogP contribution in [0.15, 0.2) is 22.6 Å². The molecule has 0 atom stereocenters. The lowest BCUT2D eigenvalue weighted by molar-refractivity contribution is -0.105. The molecule has 0 radical (unpaired) electrons. The molecule has 1 heterocycles. The number of carbonyl (C=O) groups excluding carboxylic acids is 2. The Labute approximate surface area is 69.7 Å². The molecule has 0 unspecified atom stereocenters. The van der Waals surface area contributed by atoms with Gasteiger partial charge >= 0.3 is 0 Å². The number of carbonyl (C=O) groups is 2. The molecule has 62 valence electrons. The van der Waals surface area contributed by atoms with Crippen LogP contribution in [-0.4, -0.2) is 12.6 Å². The first-order valence-electron chi connectivity index (χ1n) is 3.45. The number of allylic oxidation sites excluding steroid dienone is 2. The van der Waals surface area contributed by atoms with Crippen LogP contribution in [0.1, 0.15) is 11.5 Å². The molecule has 0 saturated heterocycles. The first-order chi connectivity index (χ1) is 5.77. The monoisotopic (exact) mass is 164 g/mol. The lowest BCUT2D eigenvalue weighted by atomic mass is 10.2. The quantitative estimate of drug-likeness (QED) is 0.500. The second-order valence-electron chi connectivity index (χ2n) is 2.29. The summed E-state index contributed by atoms with van der Waals surface area (Å²) >= 11 is 0. The van der Waals surface area contributed by atoms with E-state index in [4.69, 9.17) is 4.42 Å². The summed E-state index contributed by atoms with van der Waals surface area (Å²) in [7, 11) is 0. The molecule has 3 heteroatoms. The molecule has 0 aromatic carbocycles. The SMILES string of the molecule is Cc1ccc(/C(C=O)=C\C=O)o1. The van der Waals surface area contributed by atoms with E-state index in [0.717, 1.165) is 0 Å². The van der Waals surface area contributed by atoms with Crippen molar-refractivity contribution in [1.82, 2.24) is 0 Å². The van der Waals surface area contributed by atoms with Crippen molar-refractivity contribution in [3.8, 4) is 0 Å². The fraction of sp³-hybridized carbons (Fsp3) is 0.111. The van der Waals surface area contributed by atoms with E-state index >= 15 is 0 Å². The average Bonchev–Trinajstić information content (AvgIpc) is 2.47. The number of aldehydes is 2. The summed E-state index contributed by atoms with van der Waals surface area (Å²) in [6, 6.07) is 3.39. The van der Waals surface area contributed by atoms with Crippen molar-refractivity contribution in [3.63, 3.8) is 0 Å². The Morgan fingerprint density at radius 1 is 1.42 bits per heavy atom. The molecule has 0 amide bonds. The fourth-order valence-corrected chi connectivity index (χ4v) is 0.842. The average molecular weight is 164 g/mol. The van der Waals surface area contributed by atoms with Crippen molar-refractivity contribution in [2.75, 3.05) is 0 Å². The van der Waals surface area contributed by atoms with Gasteiger partial charge in [-0.2, -0.15) is 0 Å². The molecule has 0 spiro atoms. The van der Waals surface area contributed by atoms with Crippen LogP contribution >= 0.6 is 0 Å². The summed E-state index contributed by atoms with van der Waals surface area (Å²) in [4.78, 5) is 20.5. The number of hydrogen-bond acceptors (Lipinski definition) is 3. The molecule has 0 saturated carbocycles. The molecule has 0 aliphatic rings. The maximum atomic E-state index is 10.4. The van der Waals surface area contributed by atoms with E-state index in [1.165, 1.54) is 6.08 Å². The number of furan rings is 1. The lowest BCUT2D eigenvalue weighted by Crippen LogP contribution is -1.82. The van der Waals surface area contributed by atoms with Crippen LogP contribution in [0.25, 0.3) is 5.57 Å². The third-order valence-corrected chi connectivity index (χ3v) is 1.40. The van der Waals surface area contributed by atoms with E-state index in [-0.39, 0.29) is 5.57 Å². The van der Waals surface area contributed by atoms with Crippen molar-refractivity contribution >= 4 is 18.1 Å². The van der Waals surface area contributed by atoms with E-state index in [9.17, 15) is 9.59 Å². The van der Waals surface area contributed by atoms with E-state index in [2.05, 4.69) is 0 Å². The fourth-order valence-electron chi connectivity index (χ4n) is 0.842. The van der Waals surface area contributed by atoms with Gasteiger partial charge in [0.1, 0.15) is 17.8 Å². The topological polar surface area (TPSA) is 47.3 Å². The first kappa shape index (κ1) is 8.46. The van der Waals surface area contributed by atoms with E-state index in [1.54, 1.807) is 19.1 Å². The van der Waals surface area contributed by atoms with Gasteiger partial charge < -0.3 is 4.42 Å². The van der Waals surface area contributed by atoms with Crippen LogP contribution in [0.4, 0.5) is 0 Å². The predicted molar refractivity (Wildman–Crippen MR) is 43.6 cm³/mol. The second-order valence-corrected chi connectivity index (χ2v) is 2.29. The lowest BCUT2D eigenvalue weighted by Gasteiger charge is -1.90. The van der Waals surface area contributed by atoms with Crippen LogP contribution < -0.4 is 0 Å². The Bertz CT molecular complexity index is 320. The number of aryl methyl sites for hydroxylation is 1. The van der Waals surface area contributed by atoms with Gasteiger partial charge in [-0.15, -0.1) is 0 Å². The highest BCUT2D eigenvalue weighted by Gasteiger charge is 2.03. The predicted octanol–water partition coefficient (Wildman–Crippen LogP) is 1.37. The Morgan fingerprint density at radius 3 is 2.58 bits per heavy atom. The zero-order valence-corrected chi connectivity index (χ0v) is 6.61. The molecular weight excluding hydrogens is 156 g/mol. The summed E-state index contributed by atoms with van der Waals surface area (Å²) in [5, 5.41) is 0. The molecule has 0 N–H and O–H groups in total. The molecular formula is C9H8O3. The molecule has 0 fully saturated rings. The van der Waals surface area contributed by atoms with Crippen molar-refractivity contribution in [3.05, 3.63) is 29.7 Å². The van der Waals surface area contributed by atoms with Crippen LogP contribution in [0.5, 0.6) is 0 Å². The zero-order chi connectivity index (χ0) is 8.97. The summed E-state index contributed by atoms with van der Waals surface area (Å²) < 4.78 is 5.13. The van der Waals surface area contributed by atoms with Crippen LogP contribution in [0, 0.1) is 6.92 Å². The Kier molecular flexibility index (Phi) is 2.58. The summed E-state index contributed by atoms with van der Waals surface area (Å²) in [5.74, 6) is 1.14. The maximum absolute atomic E-state index is 10.4. The van der Waals surface area contributed by atoms with Gasteiger partial charge in [-0.3, -0.25) is 9.59 Å². The van der Waals surface area contributed by atoms with Crippen LogP contribution in [0.2, 0.25) is 0 Å². The van der Waals surface area contributed by atoms with Gasteiger partial charge in [-0.1, -0.05) is 0 Å². The van der Waals surface area contributed by atoms with E-state index < -0.39 is 0 Å². The minimum atomic E-state index is 0.262. The van der Waals surface area contributed by atoms with Gasteiger partial charge in [-0.25, -0.2) is 0 Å². The highest BCUT2D eigenvalue weighted by atomic mass is 16.3. The summed E-state index contributed by atoms with van der Waals surface area (Å²) in [6.07, 6.45) is 2.32. The van der Waals surface area contributed by atoms with Crippen molar-refractivity contribution in [1.29, 1.82) is 0 Å². The van der Waals surface area contributed by atoms with Gasteiger partial charge in [0.2, 0.25) is 0 Å². The third kappa shape index (κ3) is 1.69. The van der Waals surface area contributed by atoms with E-state index in [0.29, 0.717) is 24.1 Å². The molecule has 12 heavy (non-hydrogen) atoms. The highest BCUT2D eigenvalue weighted by Crippen LogP contribution is 2.14. The maximum Gasteiger partial charge on any atom is 0.153 e. The minimum Gasteiger partial charge on any atom is -0.461 e. The highest BCUT2D eigenvalue weighted by molar-refractivity contribution is 6.09. The third-order valence-electron chi connectivity index (χ3n) is 1.40. The van der Waals surface area contributed by atoms with Gasteiger partial charge in [0.15, 0.2) is 6.29 Å². The van der Waals surface area contributed by atoms with Gasteiger partial charge in [0.25, 0.3) is 0 Å². The normalized spacial score (nSPS) is 11.2. The molecule has 1 aromatic rings. The van der Waals surface area contributed by atoms with Crippen molar-refractivity contribution in [2.45, 2.75) is 6.92 Å². The van der Waals surface area contributed by atoms with Gasteiger partial charge in [0.05, 0.1) is 5.57 Å². The van der Waals surface area contributed by atoms with Crippen LogP contribution in [-0.2, 0) is 9.59 Å². The molecule has 0 bridgehead atoms. The largest absolute Gasteiger partial charge is 0.461 e. The van der Waals surface area contributed by atoms with Crippen LogP contribution in [0.3, 0.4) is 0 Å². The second kappa shape index (κ2) is 3.67. The first-order valence-corrected chi connectivity index (χ1v) is 3.45. The summed E-state index contributed by atoms with van der Waals surface area (Å²) in [5.41, 5.74) is 0.262. The van der Waals surface area contributed by atoms with Gasteiger partial charge in [-0.05, 0) is 25.1 Å². The standard InChI is InChI=1S/C9H8O3/c1-7-2-3-9(12-7)8(6-11)4-5-10/h2-6H,1H3/b8-4-. The van der Waals surface area contributed by atoms with Crippen molar-refractivity contribution in [2.24, 2.45) is 0 Å². The molecule has 1 aromatic heterocycles. The number of rotatable bonds is 3. The number of hydrogen-bond donors (Lipinski definition) is 0. The van der Waals surface area contributed by atoms with Crippen molar-refractivity contribution < 1.29 is 14.0 Å². The van der Waals surface area contributed by atoms with E-state index in [1.807, 2.05) is 0 Å². The molecule has 3 nitrogen and oxygen atoms in total. The Hall–Kier alpha value is -1.64.